The maximum atomic E-state index is 13.5. The number of hydrogen-bond acceptors (Lipinski definition) is 5. The van der Waals surface area contributed by atoms with Crippen LogP contribution in [0.1, 0.15) is 18.1 Å². The second kappa shape index (κ2) is 9.92. The monoisotopic (exact) mass is 499 g/mol. The maximum absolute atomic E-state index is 13.5. The van der Waals surface area contributed by atoms with Gasteiger partial charge in [0.1, 0.15) is 11.5 Å². The number of piperazine rings is 1. The summed E-state index contributed by atoms with van der Waals surface area (Å²) >= 11 is 5.87. The third kappa shape index (κ3) is 4.60. The lowest BCUT2D eigenvalue weighted by atomic mass is 10.0. The molecular weight excluding hydrogens is 477 g/mol. The third-order valence-electron chi connectivity index (χ3n) is 6.55. The summed E-state index contributed by atoms with van der Waals surface area (Å²) in [6, 6.07) is 21.9. The summed E-state index contributed by atoms with van der Waals surface area (Å²) in [5, 5.41) is 20.3. The second-order valence-corrected chi connectivity index (χ2v) is 9.32. The number of aromatic nitrogens is 2. The summed E-state index contributed by atoms with van der Waals surface area (Å²) in [6.45, 7) is 3.78. The highest BCUT2D eigenvalue weighted by Crippen LogP contribution is 2.33. The van der Waals surface area contributed by atoms with Gasteiger partial charge in [-0.15, -0.1) is 10.2 Å². The van der Waals surface area contributed by atoms with Crippen molar-refractivity contribution in [3.8, 4) is 17.3 Å². The number of nitrogens with zero attached hydrogens (tertiary/aromatic N) is 5. The van der Waals surface area contributed by atoms with Crippen LogP contribution in [0.5, 0.6) is 0 Å². The maximum Gasteiger partial charge on any atom is 0.227 e. The molecule has 1 saturated heterocycles. The van der Waals surface area contributed by atoms with Crippen LogP contribution in [0.4, 0.5) is 10.2 Å². The Bertz CT molecular complexity index is 1480. The first-order chi connectivity index (χ1) is 17.4. The Morgan fingerprint density at radius 2 is 1.83 bits per heavy atom. The largest absolute Gasteiger partial charge is 0.348 e. The van der Waals surface area contributed by atoms with E-state index in [0.29, 0.717) is 30.8 Å². The number of halogens is 2. The highest BCUT2D eigenvalue weighted by atomic mass is 35.5. The van der Waals surface area contributed by atoms with E-state index < -0.39 is 5.82 Å². The minimum atomic E-state index is -0.492. The summed E-state index contributed by atoms with van der Waals surface area (Å²) in [5.74, 6) is 0.276. The molecule has 2 heterocycles. The van der Waals surface area contributed by atoms with E-state index in [-0.39, 0.29) is 23.4 Å². The highest BCUT2D eigenvalue weighted by molar-refractivity contribution is 6.30. The Morgan fingerprint density at radius 3 is 2.53 bits per heavy atom. The lowest BCUT2D eigenvalue weighted by molar-refractivity contribution is -0.131. The van der Waals surface area contributed by atoms with E-state index >= 15 is 0 Å². The fourth-order valence-electron chi connectivity index (χ4n) is 4.65. The average molecular weight is 500 g/mol. The highest BCUT2D eigenvalue weighted by Gasteiger charge is 2.29. The van der Waals surface area contributed by atoms with Gasteiger partial charge in [0.15, 0.2) is 5.82 Å². The van der Waals surface area contributed by atoms with Gasteiger partial charge in [-0.25, -0.2) is 4.39 Å². The lowest BCUT2D eigenvalue weighted by Gasteiger charge is -2.40. The van der Waals surface area contributed by atoms with Gasteiger partial charge in [0.25, 0.3) is 0 Å². The van der Waals surface area contributed by atoms with E-state index in [4.69, 9.17) is 16.9 Å². The van der Waals surface area contributed by atoms with E-state index in [1.54, 1.807) is 18.2 Å². The molecule has 180 valence electrons. The molecule has 36 heavy (non-hydrogen) atoms. The molecule has 0 bridgehead atoms. The van der Waals surface area contributed by atoms with E-state index in [2.05, 4.69) is 28.1 Å². The smallest absolute Gasteiger partial charge is 0.227 e. The molecule has 0 aliphatic carbocycles. The number of anilines is 1. The molecule has 0 saturated carbocycles. The van der Waals surface area contributed by atoms with E-state index in [9.17, 15) is 9.18 Å². The minimum absolute atomic E-state index is 0.0173. The van der Waals surface area contributed by atoms with Crippen LogP contribution in [-0.4, -0.2) is 46.7 Å². The molecule has 6 nitrogen and oxygen atoms in total. The normalized spacial score (nSPS) is 15.7. The molecule has 1 fully saturated rings. The van der Waals surface area contributed by atoms with Crippen LogP contribution in [0.3, 0.4) is 0 Å². The van der Waals surface area contributed by atoms with Gasteiger partial charge in [-0.2, -0.15) is 5.26 Å². The quantitative estimate of drug-likeness (QED) is 0.384. The van der Waals surface area contributed by atoms with Gasteiger partial charge in [0, 0.05) is 42.0 Å². The Balaban J connectivity index is 1.37. The van der Waals surface area contributed by atoms with Crippen LogP contribution in [0.25, 0.3) is 22.0 Å². The van der Waals surface area contributed by atoms with Crippen molar-refractivity contribution in [2.75, 3.05) is 24.5 Å². The number of rotatable bonds is 4. The molecule has 1 amide bonds. The molecule has 3 aromatic carbocycles. The van der Waals surface area contributed by atoms with Crippen molar-refractivity contribution in [1.29, 1.82) is 5.26 Å². The summed E-state index contributed by atoms with van der Waals surface area (Å²) in [6.07, 6.45) is 0.175. The van der Waals surface area contributed by atoms with Gasteiger partial charge >= 0.3 is 0 Å². The first-order valence-electron chi connectivity index (χ1n) is 11.7. The Morgan fingerprint density at radius 1 is 1.08 bits per heavy atom. The van der Waals surface area contributed by atoms with Crippen molar-refractivity contribution in [2.24, 2.45) is 0 Å². The molecule has 0 radical (unpaired) electrons. The number of carbonyl (C=O) groups excluding carboxylic acids is 1. The van der Waals surface area contributed by atoms with Crippen LogP contribution in [-0.2, 0) is 11.2 Å². The average Bonchev–Trinajstić information content (AvgIpc) is 2.90. The van der Waals surface area contributed by atoms with Crippen LogP contribution < -0.4 is 4.90 Å². The van der Waals surface area contributed by atoms with Crippen LogP contribution in [0, 0.1) is 17.1 Å². The molecular formula is C28H23ClFN5O. The summed E-state index contributed by atoms with van der Waals surface area (Å²) in [7, 11) is 0. The Labute approximate surface area is 213 Å². The fraction of sp³-hybridized carbons (Fsp3) is 0.214. The van der Waals surface area contributed by atoms with Crippen molar-refractivity contribution in [1.82, 2.24) is 15.1 Å². The molecule has 1 aliphatic heterocycles. The lowest BCUT2D eigenvalue weighted by Crippen LogP contribution is -2.54. The predicted octanol–water partition coefficient (Wildman–Crippen LogP) is 5.24. The first kappa shape index (κ1) is 23.7. The summed E-state index contributed by atoms with van der Waals surface area (Å²) in [4.78, 5) is 17.0. The number of nitriles is 1. The van der Waals surface area contributed by atoms with Gasteiger partial charge < -0.3 is 9.80 Å². The number of amides is 1. The second-order valence-electron chi connectivity index (χ2n) is 8.91. The van der Waals surface area contributed by atoms with E-state index in [0.717, 1.165) is 27.8 Å². The van der Waals surface area contributed by atoms with Gasteiger partial charge in [0.2, 0.25) is 5.91 Å². The molecule has 0 unspecified atom stereocenters. The van der Waals surface area contributed by atoms with Crippen molar-refractivity contribution >= 4 is 34.1 Å². The molecule has 1 atom stereocenters. The zero-order valence-corrected chi connectivity index (χ0v) is 20.4. The molecule has 0 N–H and O–H groups in total. The van der Waals surface area contributed by atoms with Crippen LogP contribution in [0.15, 0.2) is 66.7 Å². The zero-order valence-electron chi connectivity index (χ0n) is 19.7. The van der Waals surface area contributed by atoms with Gasteiger partial charge in [-0.3, -0.25) is 4.79 Å². The number of fused-ring (bicyclic) bond motifs is 1. The van der Waals surface area contributed by atoms with Crippen LogP contribution >= 0.6 is 11.6 Å². The van der Waals surface area contributed by atoms with Crippen molar-refractivity contribution < 1.29 is 9.18 Å². The Kier molecular flexibility index (Phi) is 6.53. The van der Waals surface area contributed by atoms with E-state index in [1.807, 2.05) is 41.3 Å². The topological polar surface area (TPSA) is 73.1 Å². The summed E-state index contributed by atoms with van der Waals surface area (Å²) < 4.78 is 13.5. The van der Waals surface area contributed by atoms with Crippen molar-refractivity contribution in [3.05, 3.63) is 88.7 Å². The standard InChI is InChI=1S/C28H23ClFN5O/c1-18-17-34(26(36)15-20-8-11-25(30)24(29)14-20)12-13-35(18)28-23-5-3-2-4-22(23)27(32-33-28)21-9-6-19(16-31)7-10-21/h2-11,14,18H,12-13,15,17H2,1H3/t18-/m0/s1. The fourth-order valence-corrected chi connectivity index (χ4v) is 4.86. The van der Waals surface area contributed by atoms with Crippen molar-refractivity contribution in [3.63, 3.8) is 0 Å². The molecule has 0 spiro atoms. The predicted molar refractivity (Wildman–Crippen MR) is 138 cm³/mol. The third-order valence-corrected chi connectivity index (χ3v) is 6.84. The SMILES string of the molecule is C[C@H]1CN(C(=O)Cc2ccc(F)c(Cl)c2)CCN1c1nnc(-c2ccc(C#N)cc2)c2ccccc12. The molecule has 1 aromatic heterocycles. The van der Waals surface area contributed by atoms with Gasteiger partial charge in [-0.1, -0.05) is 54.1 Å². The zero-order chi connectivity index (χ0) is 25.2. The minimum Gasteiger partial charge on any atom is -0.348 e. The number of hydrogen-bond donors (Lipinski definition) is 0. The molecule has 8 heteroatoms. The molecule has 5 rings (SSSR count). The molecule has 1 aliphatic rings. The number of benzene rings is 3. The van der Waals surface area contributed by atoms with Crippen LogP contribution in [0.2, 0.25) is 5.02 Å². The van der Waals surface area contributed by atoms with E-state index in [1.165, 1.54) is 12.1 Å². The number of carbonyl (C=O) groups is 1. The Hall–Kier alpha value is -4.02. The van der Waals surface area contributed by atoms with Gasteiger partial charge in [-0.05, 0) is 36.8 Å². The molecule has 4 aromatic rings. The van der Waals surface area contributed by atoms with Gasteiger partial charge in [0.05, 0.1) is 23.1 Å². The van der Waals surface area contributed by atoms with Crippen molar-refractivity contribution in [2.45, 2.75) is 19.4 Å². The summed E-state index contributed by atoms with van der Waals surface area (Å²) in [5.41, 5.74) is 2.94. The first-order valence-corrected chi connectivity index (χ1v) is 12.1.